The maximum atomic E-state index is 11.4. The highest BCUT2D eigenvalue weighted by Gasteiger charge is 2.20. The molecule has 1 heterocycles. The zero-order valence-corrected chi connectivity index (χ0v) is 17.9. The second kappa shape index (κ2) is 11.1. The molecule has 0 unspecified atom stereocenters. The number of carbonyl (C=O) groups is 1. The average molecular weight is 420 g/mol. The molecule has 1 amide bonds. The van der Waals surface area contributed by atoms with Crippen molar-refractivity contribution in [2.45, 2.75) is 44.7 Å². The summed E-state index contributed by atoms with van der Waals surface area (Å²) in [5.41, 5.74) is 1.92. The molecule has 7 nitrogen and oxygen atoms in total. The molecule has 1 aliphatic carbocycles. The van der Waals surface area contributed by atoms with Gasteiger partial charge in [-0.15, -0.1) is 0 Å². The zero-order chi connectivity index (χ0) is 20.5. The number of rotatable bonds is 11. The van der Waals surface area contributed by atoms with Crippen molar-refractivity contribution in [3.05, 3.63) is 29.3 Å². The Balaban J connectivity index is 1.80. The molecule has 1 fully saturated rings. The van der Waals surface area contributed by atoms with Gasteiger partial charge in [-0.25, -0.2) is 10.0 Å². The summed E-state index contributed by atoms with van der Waals surface area (Å²) in [7, 11) is 3.25. The number of ether oxygens (including phenoxy) is 2. The second-order valence-corrected chi connectivity index (χ2v) is 8.08. The smallest absolute Gasteiger partial charge is 0.233 e. The van der Waals surface area contributed by atoms with Crippen molar-refractivity contribution >= 4 is 22.7 Å². The number of carbonyl (C=O) groups excluding carboxylic acids is 1. The van der Waals surface area contributed by atoms with Gasteiger partial charge in [-0.05, 0) is 37.1 Å². The van der Waals surface area contributed by atoms with Crippen molar-refractivity contribution in [2.24, 2.45) is 0 Å². The van der Waals surface area contributed by atoms with Crippen LogP contribution in [0.15, 0.2) is 24.3 Å². The minimum absolute atomic E-state index is 0.299. The maximum Gasteiger partial charge on any atom is 0.233 e. The minimum Gasteiger partial charge on any atom is -0.497 e. The summed E-state index contributed by atoms with van der Waals surface area (Å²) < 4.78 is 10.2. The van der Waals surface area contributed by atoms with E-state index in [0.29, 0.717) is 32.2 Å². The van der Waals surface area contributed by atoms with Gasteiger partial charge in [0, 0.05) is 18.7 Å². The predicted molar refractivity (Wildman–Crippen MR) is 114 cm³/mol. The van der Waals surface area contributed by atoms with Crippen molar-refractivity contribution in [3.63, 3.8) is 0 Å². The molecule has 3 rings (SSSR count). The predicted octanol–water partition coefficient (Wildman–Crippen LogP) is 4.10. The van der Waals surface area contributed by atoms with Gasteiger partial charge in [0.25, 0.3) is 0 Å². The van der Waals surface area contributed by atoms with Crippen molar-refractivity contribution < 1.29 is 19.1 Å². The Morgan fingerprint density at radius 1 is 1.17 bits per heavy atom. The molecular formula is C21H29N3O4S. The van der Waals surface area contributed by atoms with Crippen molar-refractivity contribution in [1.82, 2.24) is 10.0 Å². The number of thiazole rings is 1. The second-order valence-electron chi connectivity index (χ2n) is 7.00. The van der Waals surface area contributed by atoms with E-state index >= 15 is 0 Å². The number of nitrogens with zero attached hydrogens (tertiary/aromatic N) is 2. The number of methoxy groups -OCH3 is 2. The van der Waals surface area contributed by atoms with E-state index in [1.165, 1.54) is 37.2 Å². The van der Waals surface area contributed by atoms with Crippen LogP contribution in [0, 0.1) is 0 Å². The SMILES string of the molecule is COCCON(C=O)Cc1nc(-c2ccc(OC)cc2)c(NC2CCCCC2)s1. The Morgan fingerprint density at radius 3 is 2.59 bits per heavy atom. The van der Waals surface area contributed by atoms with E-state index in [0.717, 1.165) is 27.0 Å². The molecule has 1 saturated carbocycles. The first-order valence-corrected chi connectivity index (χ1v) is 10.8. The van der Waals surface area contributed by atoms with Crippen molar-refractivity contribution in [2.75, 3.05) is 32.8 Å². The standard InChI is InChI=1S/C21H29N3O4S/c1-26-12-13-28-24(15-25)14-19-23-20(16-8-10-18(27-2)11-9-16)21(29-19)22-17-6-4-3-5-7-17/h8-11,15,17,22H,3-7,12-14H2,1-2H3. The van der Waals surface area contributed by atoms with E-state index in [1.54, 1.807) is 25.6 Å². The Kier molecular flexibility index (Phi) is 8.27. The van der Waals surface area contributed by atoms with E-state index < -0.39 is 0 Å². The van der Waals surface area contributed by atoms with E-state index in [4.69, 9.17) is 19.3 Å². The lowest BCUT2D eigenvalue weighted by atomic mass is 9.95. The van der Waals surface area contributed by atoms with Crippen LogP contribution >= 0.6 is 11.3 Å². The fourth-order valence-electron chi connectivity index (χ4n) is 3.39. The van der Waals surface area contributed by atoms with Crippen LogP contribution in [-0.4, -0.2) is 49.9 Å². The Bertz CT molecular complexity index is 760. The van der Waals surface area contributed by atoms with Gasteiger partial charge in [0.2, 0.25) is 6.41 Å². The Labute approximate surface area is 175 Å². The quantitative estimate of drug-likeness (QED) is 0.336. The minimum atomic E-state index is 0.299. The normalized spacial score (nSPS) is 14.6. The molecule has 8 heteroatoms. The van der Waals surface area contributed by atoms with Crippen molar-refractivity contribution in [3.8, 4) is 17.0 Å². The molecule has 1 N–H and O–H groups in total. The molecule has 158 valence electrons. The molecule has 1 aromatic carbocycles. The van der Waals surface area contributed by atoms with Gasteiger partial charge < -0.3 is 14.8 Å². The van der Waals surface area contributed by atoms with Crippen LogP contribution in [0.5, 0.6) is 5.75 Å². The van der Waals surface area contributed by atoms with Crippen LogP contribution in [0.4, 0.5) is 5.00 Å². The Morgan fingerprint density at radius 2 is 1.93 bits per heavy atom. The van der Waals surface area contributed by atoms with E-state index in [9.17, 15) is 4.79 Å². The lowest BCUT2D eigenvalue weighted by Crippen LogP contribution is -2.23. The molecule has 1 aromatic heterocycles. The number of hydrogen-bond donors (Lipinski definition) is 1. The van der Waals surface area contributed by atoms with Crippen LogP contribution < -0.4 is 10.1 Å². The van der Waals surface area contributed by atoms with E-state index in [2.05, 4.69) is 5.32 Å². The average Bonchev–Trinajstić information content (AvgIpc) is 3.16. The first-order valence-electron chi connectivity index (χ1n) is 9.98. The summed E-state index contributed by atoms with van der Waals surface area (Å²) in [6.07, 6.45) is 6.86. The molecule has 0 spiro atoms. The van der Waals surface area contributed by atoms with Gasteiger partial charge in [-0.1, -0.05) is 30.6 Å². The number of benzene rings is 1. The van der Waals surface area contributed by atoms with Gasteiger partial charge in [0.15, 0.2) is 0 Å². The summed E-state index contributed by atoms with van der Waals surface area (Å²) in [6, 6.07) is 8.36. The Hall–Kier alpha value is -2.16. The summed E-state index contributed by atoms with van der Waals surface area (Å²) in [5.74, 6) is 0.810. The third-order valence-electron chi connectivity index (χ3n) is 4.93. The third kappa shape index (κ3) is 6.16. The summed E-state index contributed by atoms with van der Waals surface area (Å²) in [5, 5.41) is 6.82. The van der Waals surface area contributed by atoms with Crippen LogP contribution in [-0.2, 0) is 20.9 Å². The number of aromatic nitrogens is 1. The first kappa shape index (κ1) is 21.5. The maximum absolute atomic E-state index is 11.4. The van der Waals surface area contributed by atoms with Gasteiger partial charge in [0.1, 0.15) is 28.0 Å². The number of hydroxylamine groups is 2. The molecule has 0 aliphatic heterocycles. The molecule has 29 heavy (non-hydrogen) atoms. The largest absolute Gasteiger partial charge is 0.497 e. The van der Waals surface area contributed by atoms with Crippen LogP contribution in [0.1, 0.15) is 37.1 Å². The highest BCUT2D eigenvalue weighted by atomic mass is 32.1. The number of anilines is 1. The van der Waals surface area contributed by atoms with E-state index in [-0.39, 0.29) is 0 Å². The molecule has 1 aliphatic rings. The molecule has 0 radical (unpaired) electrons. The number of hydrogen-bond acceptors (Lipinski definition) is 7. The van der Waals surface area contributed by atoms with Crippen LogP contribution in [0.2, 0.25) is 0 Å². The first-order chi connectivity index (χ1) is 14.2. The van der Waals surface area contributed by atoms with Gasteiger partial charge in [0.05, 0.1) is 20.3 Å². The van der Waals surface area contributed by atoms with Gasteiger partial charge in [-0.3, -0.25) is 9.63 Å². The lowest BCUT2D eigenvalue weighted by Gasteiger charge is -2.23. The van der Waals surface area contributed by atoms with Crippen molar-refractivity contribution in [1.29, 1.82) is 0 Å². The van der Waals surface area contributed by atoms with Crippen LogP contribution in [0.3, 0.4) is 0 Å². The number of amides is 1. The van der Waals surface area contributed by atoms with Gasteiger partial charge >= 0.3 is 0 Å². The summed E-state index contributed by atoms with van der Waals surface area (Å²) in [4.78, 5) is 21.6. The van der Waals surface area contributed by atoms with E-state index in [1.807, 2.05) is 24.3 Å². The third-order valence-corrected chi connectivity index (χ3v) is 5.90. The fourth-order valence-corrected chi connectivity index (χ4v) is 4.44. The summed E-state index contributed by atoms with van der Waals surface area (Å²) in [6.45, 7) is 1.04. The molecule has 0 bridgehead atoms. The summed E-state index contributed by atoms with van der Waals surface area (Å²) >= 11 is 1.58. The molecule has 0 atom stereocenters. The van der Waals surface area contributed by atoms with Crippen LogP contribution in [0.25, 0.3) is 11.3 Å². The zero-order valence-electron chi connectivity index (χ0n) is 17.1. The molecular weight excluding hydrogens is 390 g/mol. The number of nitrogens with one attached hydrogen (secondary N) is 1. The topological polar surface area (TPSA) is 72.9 Å². The molecule has 2 aromatic rings. The van der Waals surface area contributed by atoms with Gasteiger partial charge in [-0.2, -0.15) is 0 Å². The highest BCUT2D eigenvalue weighted by Crippen LogP contribution is 2.36. The molecule has 0 saturated heterocycles. The lowest BCUT2D eigenvalue weighted by molar-refractivity contribution is -0.180. The monoisotopic (exact) mass is 419 g/mol. The fraction of sp³-hybridized carbons (Fsp3) is 0.524. The highest BCUT2D eigenvalue weighted by molar-refractivity contribution is 7.16.